The molecule has 3 N–H and O–H groups in total. The van der Waals surface area contributed by atoms with Gasteiger partial charge < -0.3 is 15.8 Å². The molecule has 1 unspecified atom stereocenters. The highest BCUT2D eigenvalue weighted by atomic mass is 19.1. The van der Waals surface area contributed by atoms with E-state index in [1.807, 2.05) is 6.92 Å². The number of carbonyl (C=O) groups excluding carboxylic acids is 1. The molecule has 0 aromatic heterocycles. The predicted octanol–water partition coefficient (Wildman–Crippen LogP) is 2.23. The Morgan fingerprint density at radius 2 is 2.05 bits per heavy atom. The molecule has 1 amide bonds. The normalized spacial score (nSPS) is 11.9. The largest absolute Gasteiger partial charge is 0.494 e. The Hall–Kier alpha value is -1.62. The van der Waals surface area contributed by atoms with Gasteiger partial charge in [0, 0.05) is 6.54 Å². The van der Waals surface area contributed by atoms with Crippen LogP contribution in [0.3, 0.4) is 0 Å². The van der Waals surface area contributed by atoms with Gasteiger partial charge in [0.25, 0.3) is 0 Å². The third-order valence-corrected chi connectivity index (χ3v) is 2.89. The number of nitrogens with two attached hydrogens (primary N) is 1. The SMILES string of the molecule is CCCC(N)C(=O)NCCCCOc1ccc(F)cc1. The molecule has 20 heavy (non-hydrogen) atoms. The predicted molar refractivity (Wildman–Crippen MR) is 77.0 cm³/mol. The van der Waals surface area contributed by atoms with Crippen LogP contribution in [0.15, 0.2) is 24.3 Å². The van der Waals surface area contributed by atoms with Crippen molar-refractivity contribution >= 4 is 5.91 Å². The van der Waals surface area contributed by atoms with E-state index in [4.69, 9.17) is 10.5 Å². The van der Waals surface area contributed by atoms with E-state index in [0.717, 1.165) is 19.3 Å². The number of hydrogen-bond donors (Lipinski definition) is 2. The van der Waals surface area contributed by atoms with Gasteiger partial charge >= 0.3 is 0 Å². The third kappa shape index (κ3) is 6.52. The minimum absolute atomic E-state index is 0.0914. The molecule has 4 nitrogen and oxygen atoms in total. The lowest BCUT2D eigenvalue weighted by Gasteiger charge is -2.11. The Morgan fingerprint density at radius 3 is 2.70 bits per heavy atom. The molecule has 0 saturated carbocycles. The Bertz CT molecular complexity index is 395. The number of nitrogens with one attached hydrogen (secondary N) is 1. The average molecular weight is 282 g/mol. The summed E-state index contributed by atoms with van der Waals surface area (Å²) in [5.41, 5.74) is 5.69. The highest BCUT2D eigenvalue weighted by Crippen LogP contribution is 2.11. The van der Waals surface area contributed by atoms with Crippen LogP contribution in [-0.4, -0.2) is 25.1 Å². The molecule has 1 rings (SSSR count). The second-order valence-electron chi connectivity index (χ2n) is 4.70. The monoisotopic (exact) mass is 282 g/mol. The van der Waals surface area contributed by atoms with Gasteiger partial charge in [-0.15, -0.1) is 0 Å². The van der Waals surface area contributed by atoms with Crippen molar-refractivity contribution in [1.29, 1.82) is 0 Å². The fraction of sp³-hybridized carbons (Fsp3) is 0.533. The molecule has 1 aromatic carbocycles. The first-order chi connectivity index (χ1) is 9.63. The third-order valence-electron chi connectivity index (χ3n) is 2.89. The summed E-state index contributed by atoms with van der Waals surface area (Å²) >= 11 is 0. The van der Waals surface area contributed by atoms with Crippen LogP contribution in [0.2, 0.25) is 0 Å². The van der Waals surface area contributed by atoms with Gasteiger partial charge in [0.2, 0.25) is 5.91 Å². The first-order valence-electron chi connectivity index (χ1n) is 7.05. The molecule has 0 bridgehead atoms. The van der Waals surface area contributed by atoms with Crippen LogP contribution < -0.4 is 15.8 Å². The molecule has 0 radical (unpaired) electrons. The smallest absolute Gasteiger partial charge is 0.236 e. The van der Waals surface area contributed by atoms with Gasteiger partial charge in [0.15, 0.2) is 0 Å². The van der Waals surface area contributed by atoms with E-state index in [9.17, 15) is 9.18 Å². The zero-order chi connectivity index (χ0) is 14.8. The van der Waals surface area contributed by atoms with E-state index in [2.05, 4.69) is 5.32 Å². The van der Waals surface area contributed by atoms with E-state index < -0.39 is 6.04 Å². The van der Waals surface area contributed by atoms with Crippen molar-refractivity contribution < 1.29 is 13.9 Å². The Kier molecular flexibility index (Phi) is 7.65. The summed E-state index contributed by atoms with van der Waals surface area (Å²) in [5.74, 6) is 0.287. The molecule has 0 fully saturated rings. The summed E-state index contributed by atoms with van der Waals surface area (Å²) in [6.45, 7) is 3.14. The van der Waals surface area contributed by atoms with Crippen molar-refractivity contribution in [2.75, 3.05) is 13.2 Å². The number of halogens is 1. The van der Waals surface area contributed by atoms with Crippen LogP contribution in [0, 0.1) is 5.82 Å². The maximum Gasteiger partial charge on any atom is 0.236 e. The van der Waals surface area contributed by atoms with E-state index >= 15 is 0 Å². The standard InChI is InChI=1S/C15H23FN2O2/c1-2-5-14(17)15(19)18-10-3-4-11-20-13-8-6-12(16)7-9-13/h6-9,14H,2-5,10-11,17H2,1H3,(H,18,19). The van der Waals surface area contributed by atoms with E-state index in [1.165, 1.54) is 12.1 Å². The molecule has 0 spiro atoms. The molecule has 112 valence electrons. The maximum atomic E-state index is 12.7. The number of amides is 1. The van der Waals surface area contributed by atoms with Crippen LogP contribution in [0.5, 0.6) is 5.75 Å². The van der Waals surface area contributed by atoms with Gasteiger partial charge in [-0.25, -0.2) is 4.39 Å². The van der Waals surface area contributed by atoms with Crippen LogP contribution in [0.1, 0.15) is 32.6 Å². The summed E-state index contributed by atoms with van der Waals surface area (Å²) in [4.78, 5) is 11.5. The van der Waals surface area contributed by atoms with Crippen molar-refractivity contribution in [3.8, 4) is 5.75 Å². The first-order valence-corrected chi connectivity index (χ1v) is 7.05. The van der Waals surface area contributed by atoms with E-state index in [0.29, 0.717) is 25.3 Å². The summed E-state index contributed by atoms with van der Waals surface area (Å²) in [7, 11) is 0. The zero-order valence-corrected chi connectivity index (χ0v) is 11.9. The summed E-state index contributed by atoms with van der Waals surface area (Å²) in [6.07, 6.45) is 3.26. The Labute approximate surface area is 119 Å². The van der Waals surface area contributed by atoms with Gasteiger partial charge in [-0.3, -0.25) is 4.79 Å². The summed E-state index contributed by atoms with van der Waals surface area (Å²) in [5, 5.41) is 2.80. The Morgan fingerprint density at radius 1 is 1.35 bits per heavy atom. The average Bonchev–Trinajstić information content (AvgIpc) is 2.44. The van der Waals surface area contributed by atoms with Gasteiger partial charge in [-0.05, 0) is 43.5 Å². The fourth-order valence-corrected chi connectivity index (χ4v) is 1.73. The molecular formula is C15H23FN2O2. The quantitative estimate of drug-likeness (QED) is 0.683. The van der Waals surface area contributed by atoms with Crippen LogP contribution in [-0.2, 0) is 4.79 Å². The molecule has 5 heteroatoms. The molecule has 0 saturated heterocycles. The lowest BCUT2D eigenvalue weighted by atomic mass is 10.1. The summed E-state index contributed by atoms with van der Waals surface area (Å²) < 4.78 is 18.1. The van der Waals surface area contributed by atoms with Crippen molar-refractivity contribution in [2.45, 2.75) is 38.6 Å². The Balaban J connectivity index is 2.05. The number of benzene rings is 1. The van der Waals surface area contributed by atoms with Gasteiger partial charge in [-0.1, -0.05) is 13.3 Å². The number of rotatable bonds is 9. The fourth-order valence-electron chi connectivity index (χ4n) is 1.73. The van der Waals surface area contributed by atoms with Gasteiger partial charge in [0.05, 0.1) is 12.6 Å². The number of hydrogen-bond acceptors (Lipinski definition) is 3. The highest BCUT2D eigenvalue weighted by molar-refractivity contribution is 5.81. The van der Waals surface area contributed by atoms with Crippen LogP contribution in [0.25, 0.3) is 0 Å². The number of ether oxygens (including phenoxy) is 1. The van der Waals surface area contributed by atoms with E-state index in [1.54, 1.807) is 12.1 Å². The molecule has 1 aromatic rings. The molecule has 0 aliphatic rings. The highest BCUT2D eigenvalue weighted by Gasteiger charge is 2.10. The van der Waals surface area contributed by atoms with Gasteiger partial charge in [-0.2, -0.15) is 0 Å². The minimum Gasteiger partial charge on any atom is -0.494 e. The summed E-state index contributed by atoms with van der Waals surface area (Å²) in [6, 6.07) is 5.52. The lowest BCUT2D eigenvalue weighted by Crippen LogP contribution is -2.40. The molecule has 0 aliphatic heterocycles. The molecular weight excluding hydrogens is 259 g/mol. The maximum absolute atomic E-state index is 12.7. The van der Waals surface area contributed by atoms with Crippen molar-refractivity contribution in [3.05, 3.63) is 30.1 Å². The van der Waals surface area contributed by atoms with Crippen LogP contribution >= 0.6 is 0 Å². The number of carbonyl (C=O) groups is 1. The minimum atomic E-state index is -0.407. The molecule has 0 heterocycles. The van der Waals surface area contributed by atoms with Crippen LogP contribution in [0.4, 0.5) is 4.39 Å². The lowest BCUT2D eigenvalue weighted by molar-refractivity contribution is -0.122. The molecule has 1 atom stereocenters. The second kappa shape index (κ2) is 9.31. The van der Waals surface area contributed by atoms with E-state index in [-0.39, 0.29) is 11.7 Å². The molecule has 0 aliphatic carbocycles. The topological polar surface area (TPSA) is 64.4 Å². The van der Waals surface area contributed by atoms with Crippen molar-refractivity contribution in [1.82, 2.24) is 5.32 Å². The zero-order valence-electron chi connectivity index (χ0n) is 11.9. The van der Waals surface area contributed by atoms with Gasteiger partial charge in [0.1, 0.15) is 11.6 Å². The van der Waals surface area contributed by atoms with Crippen molar-refractivity contribution in [3.63, 3.8) is 0 Å². The first kappa shape index (κ1) is 16.4. The van der Waals surface area contributed by atoms with Crippen molar-refractivity contribution in [2.24, 2.45) is 5.73 Å². The number of unbranched alkanes of at least 4 members (excludes halogenated alkanes) is 1. The second-order valence-corrected chi connectivity index (χ2v) is 4.70.